The summed E-state index contributed by atoms with van der Waals surface area (Å²) in [5.41, 5.74) is -0.506. The monoisotopic (exact) mass is 1080 g/mol. The fraction of sp³-hybridized carbons (Fsp3) is 0.431. The van der Waals surface area contributed by atoms with E-state index < -0.39 is 49.8 Å². The number of para-hydroxylation sites is 1. The molecule has 0 saturated carbocycles. The lowest BCUT2D eigenvalue weighted by molar-refractivity contribution is -0.142. The van der Waals surface area contributed by atoms with Crippen LogP contribution in [0.2, 0.25) is 0 Å². The number of carbonyl (C=O) groups excluding carboxylic acids is 3. The number of Topliss-reactive ketones (excluding diaryl/α,β-unsaturated/α-hetero) is 1. The minimum atomic E-state index is -2.07. The van der Waals surface area contributed by atoms with Gasteiger partial charge in [0, 0.05) is 35.9 Å². The highest BCUT2D eigenvalue weighted by molar-refractivity contribution is 8.13. The first kappa shape index (κ1) is 59.5. The fourth-order valence-corrected chi connectivity index (χ4v) is 11.5. The van der Waals surface area contributed by atoms with E-state index in [0.717, 1.165) is 33.0 Å². The minimum Gasteiger partial charge on any atom is -0.497 e. The first-order valence-electron chi connectivity index (χ1n) is 25.4. The third-order valence-corrected chi connectivity index (χ3v) is 16.0. The van der Waals surface area contributed by atoms with Crippen molar-refractivity contribution >= 4 is 37.2 Å². The summed E-state index contributed by atoms with van der Waals surface area (Å²) in [5.74, 6) is 1.39. The van der Waals surface area contributed by atoms with E-state index in [2.05, 4.69) is 11.6 Å². The summed E-state index contributed by atoms with van der Waals surface area (Å²) in [6, 6.07) is 34.7. The number of hydrogen-bond acceptors (Lipinski definition) is 15. The minimum absolute atomic E-state index is 0.0657. The van der Waals surface area contributed by atoms with Crippen LogP contribution in [-0.2, 0) is 49.7 Å². The van der Waals surface area contributed by atoms with Crippen LogP contribution < -0.4 is 19.9 Å². The van der Waals surface area contributed by atoms with Crippen molar-refractivity contribution in [3.05, 3.63) is 167 Å². The summed E-state index contributed by atoms with van der Waals surface area (Å²) in [6.07, 6.45) is -2.24. The fourth-order valence-electron chi connectivity index (χ4n) is 8.81. The zero-order valence-corrected chi connectivity index (χ0v) is 46.3. The Morgan fingerprint density at radius 3 is 2.01 bits per heavy atom. The van der Waals surface area contributed by atoms with Gasteiger partial charge in [0.15, 0.2) is 23.3 Å². The van der Waals surface area contributed by atoms with Gasteiger partial charge in [-0.3, -0.25) is 19.0 Å². The maximum atomic E-state index is 17.8. The Morgan fingerprint density at radius 2 is 1.45 bits per heavy atom. The van der Waals surface area contributed by atoms with Gasteiger partial charge in [-0.05, 0) is 99.7 Å². The van der Waals surface area contributed by atoms with Crippen molar-refractivity contribution in [3.8, 4) is 17.2 Å². The summed E-state index contributed by atoms with van der Waals surface area (Å²) in [4.78, 5) is 56.7. The number of aromatic nitrogens is 2. The second-order valence-electron chi connectivity index (χ2n) is 19.3. The molecule has 0 amide bonds. The number of nitrogens with zero attached hydrogens (tertiary/aromatic N) is 3. The Kier molecular flexibility index (Phi) is 22.3. The molecule has 1 saturated heterocycles. The predicted octanol–water partition coefficient (Wildman–Crippen LogP) is 10.6. The molecule has 15 nitrogen and oxygen atoms in total. The van der Waals surface area contributed by atoms with Crippen molar-refractivity contribution < 1.29 is 56.2 Å². The van der Waals surface area contributed by atoms with E-state index in [1.807, 2.05) is 131 Å². The van der Waals surface area contributed by atoms with Gasteiger partial charge in [0.1, 0.15) is 48.3 Å². The van der Waals surface area contributed by atoms with Gasteiger partial charge in [0.2, 0.25) is 0 Å². The Balaban J connectivity index is 1.32. The molecule has 6 rings (SSSR count). The molecule has 1 aliphatic rings. The molecule has 5 aromatic rings. The lowest BCUT2D eigenvalue weighted by Crippen LogP contribution is -2.41. The first-order chi connectivity index (χ1) is 36.5. The smallest absolute Gasteiger partial charge is 0.350 e. The molecule has 5 unspecified atom stereocenters. The summed E-state index contributed by atoms with van der Waals surface area (Å²) < 4.78 is 70.1. The molecular weight excluding hydrogens is 1010 g/mol. The van der Waals surface area contributed by atoms with Crippen molar-refractivity contribution in [2.75, 3.05) is 46.4 Å². The van der Waals surface area contributed by atoms with Gasteiger partial charge in [0.25, 0.3) is 8.53 Å². The van der Waals surface area contributed by atoms with E-state index in [-0.39, 0.29) is 79.7 Å². The second-order valence-corrected chi connectivity index (χ2v) is 21.8. The van der Waals surface area contributed by atoms with E-state index >= 15 is 4.39 Å². The number of rotatable bonds is 30. The molecule has 18 heteroatoms. The number of methoxy groups -OCH3 is 2. The number of ether oxygens (including phenoxy) is 6. The summed E-state index contributed by atoms with van der Waals surface area (Å²) in [5, 5.41) is -0.0657. The number of esters is 1. The van der Waals surface area contributed by atoms with Crippen molar-refractivity contribution in [2.24, 2.45) is 5.41 Å². The Morgan fingerprint density at radius 1 is 0.855 bits per heavy atom. The molecular formula is C58H71FN3O12PS. The molecule has 76 heavy (non-hydrogen) atoms. The molecule has 5 atom stereocenters. The number of carbonyl (C=O) groups is 3. The quantitative estimate of drug-likeness (QED) is 0.0140. The van der Waals surface area contributed by atoms with Crippen molar-refractivity contribution in [2.45, 2.75) is 110 Å². The van der Waals surface area contributed by atoms with Crippen LogP contribution in [0.15, 0.2) is 139 Å². The summed E-state index contributed by atoms with van der Waals surface area (Å²) >= 11 is 1.12. The number of thioether (sulfide) groups is 1. The van der Waals surface area contributed by atoms with Gasteiger partial charge in [-0.25, -0.2) is 13.9 Å². The summed E-state index contributed by atoms with van der Waals surface area (Å²) in [6.45, 7) is 14.9. The lowest BCUT2D eigenvalue weighted by atomic mass is 9.80. The molecule has 2 heterocycles. The van der Waals surface area contributed by atoms with Gasteiger partial charge in [-0.15, -0.1) is 0 Å². The van der Waals surface area contributed by atoms with Gasteiger partial charge in [0.05, 0.1) is 39.5 Å². The van der Waals surface area contributed by atoms with Gasteiger partial charge < -0.3 is 37.5 Å². The maximum Gasteiger partial charge on any atom is 0.350 e. The van der Waals surface area contributed by atoms with Crippen molar-refractivity contribution in [1.29, 1.82) is 0 Å². The molecule has 0 N–H and O–H groups in total. The number of halogens is 1. The van der Waals surface area contributed by atoms with E-state index in [0.29, 0.717) is 30.1 Å². The zero-order valence-electron chi connectivity index (χ0n) is 44.6. The van der Waals surface area contributed by atoms with E-state index in [9.17, 15) is 19.2 Å². The number of hydrogen-bond donors (Lipinski definition) is 0. The third kappa shape index (κ3) is 15.7. The highest BCUT2D eigenvalue weighted by Gasteiger charge is 2.51. The van der Waals surface area contributed by atoms with E-state index in [4.69, 9.17) is 37.5 Å². The van der Waals surface area contributed by atoms with Gasteiger partial charge in [-0.2, -0.15) is 4.98 Å². The highest BCUT2D eigenvalue weighted by atomic mass is 32.2. The SMILES string of the molecule is C=CCOC(=O)CCCC(C)(C)C(=O)SCCOP(OC1C(COC(c2ccccc2)(c2ccc(OC)cc2)c2ccc(OC)cc2)OC(n2ccc(CC(=O)COc3ccccc3)nc2=O)C1F)N(C(C)C)C(C)C. The van der Waals surface area contributed by atoms with Crippen LogP contribution in [0.3, 0.4) is 0 Å². The molecule has 4 aromatic carbocycles. The van der Waals surface area contributed by atoms with Crippen LogP contribution in [0.25, 0.3) is 0 Å². The molecule has 408 valence electrons. The number of ketones is 1. The highest BCUT2D eigenvalue weighted by Crippen LogP contribution is 2.51. The molecule has 1 fully saturated rings. The molecule has 1 aliphatic heterocycles. The van der Waals surface area contributed by atoms with Crippen molar-refractivity contribution in [1.82, 2.24) is 14.2 Å². The second kappa shape index (κ2) is 28.6. The van der Waals surface area contributed by atoms with Crippen LogP contribution >= 0.6 is 20.3 Å². The van der Waals surface area contributed by atoms with Crippen LogP contribution in [0.1, 0.15) is 89.4 Å². The largest absolute Gasteiger partial charge is 0.497 e. The Labute approximate surface area is 451 Å². The number of alkyl halides is 1. The third-order valence-electron chi connectivity index (χ3n) is 12.7. The predicted molar refractivity (Wildman–Crippen MR) is 292 cm³/mol. The molecule has 0 aliphatic carbocycles. The van der Waals surface area contributed by atoms with Crippen LogP contribution in [0.4, 0.5) is 4.39 Å². The Hall–Kier alpha value is -5.78. The standard InChI is InChI=1S/C58H71FN3O12PS/c1-10-34-69-51(64)22-17-32-57(6,7)55(65)76-36-35-72-75(62(40(2)3)41(4)5)74-53-50(73-54(52(53)59)61-33-31-45(60-56(61)66)37-46(63)38-70-49-20-15-12-16-21-49)39-71-58(42-18-13-11-14-19-42,43-23-27-47(67-8)28-24-43)44-25-29-48(68-9)30-26-44/h10-16,18-21,23-31,33,40-41,50,52-54H,1,17,22,32,34-39H2,2-9H3. The molecule has 0 radical (unpaired) electrons. The normalized spacial score (nSPS) is 17.2. The van der Waals surface area contributed by atoms with Crippen molar-refractivity contribution in [3.63, 3.8) is 0 Å². The lowest BCUT2D eigenvalue weighted by Gasteiger charge is -2.39. The van der Waals surface area contributed by atoms with Gasteiger partial charge in [-0.1, -0.05) is 111 Å². The van der Waals surface area contributed by atoms with E-state index in [1.165, 1.54) is 18.3 Å². The maximum absolute atomic E-state index is 17.8. The topological polar surface area (TPSA) is 163 Å². The van der Waals surface area contributed by atoms with E-state index in [1.54, 1.807) is 38.5 Å². The average molecular weight is 1080 g/mol. The Bertz CT molecular complexity index is 2640. The first-order valence-corrected chi connectivity index (χ1v) is 27.5. The molecule has 1 aromatic heterocycles. The summed E-state index contributed by atoms with van der Waals surface area (Å²) in [7, 11) is 1.11. The zero-order chi connectivity index (χ0) is 54.8. The van der Waals surface area contributed by atoms with Gasteiger partial charge >= 0.3 is 11.7 Å². The number of benzene rings is 4. The molecule has 0 bridgehead atoms. The average Bonchev–Trinajstić information content (AvgIpc) is 3.73. The van der Waals surface area contributed by atoms with Crippen LogP contribution in [-0.4, -0.2) is 108 Å². The van der Waals surface area contributed by atoms with Crippen LogP contribution in [0, 0.1) is 5.41 Å². The molecule has 0 spiro atoms. The van der Waals surface area contributed by atoms with Crippen LogP contribution in [0.5, 0.6) is 17.2 Å².